The first kappa shape index (κ1) is 19.9. The highest BCUT2D eigenvalue weighted by Gasteiger charge is 2.22. The minimum atomic E-state index is -2.82. The number of nitrogens with one attached hydrogen (secondary N) is 1. The van der Waals surface area contributed by atoms with Crippen molar-refractivity contribution in [3.8, 4) is 11.5 Å². The molecule has 150 valence electrons. The summed E-state index contributed by atoms with van der Waals surface area (Å²) in [6.07, 6.45) is 2.01. The van der Waals surface area contributed by atoms with Gasteiger partial charge in [-0.1, -0.05) is 30.3 Å². The molecule has 2 aromatic carbocycles. The minimum Gasteiger partial charge on any atom is -0.490 e. The number of aliphatic imine (C=N–C) groups is 1. The van der Waals surface area contributed by atoms with E-state index in [-0.39, 0.29) is 11.9 Å². The zero-order valence-electron chi connectivity index (χ0n) is 15.9. The Bertz CT molecular complexity index is 763. The van der Waals surface area contributed by atoms with Gasteiger partial charge < -0.3 is 19.7 Å². The second-order valence-electron chi connectivity index (χ2n) is 6.54. The molecule has 1 fully saturated rings. The summed E-state index contributed by atoms with van der Waals surface area (Å²) < 4.78 is 35.2. The molecule has 1 aliphatic rings. The molecule has 5 nitrogen and oxygen atoms in total. The molecule has 7 heteroatoms. The predicted octanol–water partition coefficient (Wildman–Crippen LogP) is 3.91. The Labute approximate surface area is 164 Å². The van der Waals surface area contributed by atoms with Crippen LogP contribution in [-0.4, -0.2) is 43.7 Å². The van der Waals surface area contributed by atoms with E-state index in [1.165, 1.54) is 6.07 Å². The normalized spacial score (nSPS) is 15.6. The Balaban J connectivity index is 1.48. The van der Waals surface area contributed by atoms with Crippen molar-refractivity contribution in [3.63, 3.8) is 0 Å². The van der Waals surface area contributed by atoms with Crippen molar-refractivity contribution in [1.29, 1.82) is 0 Å². The number of ether oxygens (including phenoxy) is 2. The predicted molar refractivity (Wildman–Crippen MR) is 105 cm³/mol. The number of nitrogens with zero attached hydrogens (tertiary/aromatic N) is 2. The lowest BCUT2D eigenvalue weighted by molar-refractivity contribution is -0.0498. The van der Waals surface area contributed by atoms with Crippen LogP contribution in [0.1, 0.15) is 18.4 Å². The molecule has 0 aliphatic carbocycles. The zero-order chi connectivity index (χ0) is 19.8. The van der Waals surface area contributed by atoms with Crippen molar-refractivity contribution >= 4 is 5.96 Å². The lowest BCUT2D eigenvalue weighted by atomic mass is 10.1. The number of rotatable bonds is 6. The molecule has 0 unspecified atom stereocenters. The van der Waals surface area contributed by atoms with E-state index < -0.39 is 6.61 Å². The van der Waals surface area contributed by atoms with Gasteiger partial charge in [0, 0.05) is 39.5 Å². The molecule has 0 spiro atoms. The van der Waals surface area contributed by atoms with Crippen LogP contribution < -0.4 is 14.8 Å². The maximum absolute atomic E-state index is 12.4. The van der Waals surface area contributed by atoms with Gasteiger partial charge in [0.15, 0.2) is 5.96 Å². The van der Waals surface area contributed by atoms with Crippen molar-refractivity contribution < 1.29 is 18.3 Å². The topological polar surface area (TPSA) is 46.1 Å². The fraction of sp³-hybridized carbons (Fsp3) is 0.381. The molecule has 1 saturated heterocycles. The maximum Gasteiger partial charge on any atom is 0.387 e. The van der Waals surface area contributed by atoms with Crippen molar-refractivity contribution in [3.05, 3.63) is 60.2 Å². The molecule has 0 amide bonds. The summed E-state index contributed by atoms with van der Waals surface area (Å²) in [4.78, 5) is 6.53. The van der Waals surface area contributed by atoms with E-state index in [1.807, 2.05) is 36.4 Å². The standard InChI is InChI=1S/C21H25F2N3O2/c1-24-21(25-15-16-6-5-9-19(14-16)28-20(22)23)26-12-10-18(11-13-26)27-17-7-3-2-4-8-17/h2-9,14,18,20H,10-13,15H2,1H3,(H,24,25). The van der Waals surface area contributed by atoms with Crippen LogP contribution in [0.15, 0.2) is 59.6 Å². The van der Waals surface area contributed by atoms with Crippen LogP contribution in [0.4, 0.5) is 8.78 Å². The average molecular weight is 389 g/mol. The van der Waals surface area contributed by atoms with Gasteiger partial charge in [0.05, 0.1) is 0 Å². The number of hydrogen-bond acceptors (Lipinski definition) is 3. The monoisotopic (exact) mass is 389 g/mol. The van der Waals surface area contributed by atoms with Gasteiger partial charge in [-0.15, -0.1) is 0 Å². The summed E-state index contributed by atoms with van der Waals surface area (Å²) in [5, 5.41) is 3.29. The molecule has 1 heterocycles. The van der Waals surface area contributed by atoms with Gasteiger partial charge in [0.2, 0.25) is 0 Å². The van der Waals surface area contributed by atoms with Crippen molar-refractivity contribution in [1.82, 2.24) is 10.2 Å². The second kappa shape index (κ2) is 9.92. The van der Waals surface area contributed by atoms with E-state index in [4.69, 9.17) is 4.74 Å². The summed E-state index contributed by atoms with van der Waals surface area (Å²) in [5.74, 6) is 1.84. The number of alkyl halides is 2. The Hall–Kier alpha value is -2.83. The van der Waals surface area contributed by atoms with E-state index in [0.717, 1.165) is 43.2 Å². The molecule has 0 saturated carbocycles. The summed E-state index contributed by atoms with van der Waals surface area (Å²) in [6.45, 7) is -0.666. The number of para-hydroxylation sites is 1. The van der Waals surface area contributed by atoms with E-state index in [0.29, 0.717) is 6.54 Å². The number of halogens is 2. The van der Waals surface area contributed by atoms with Gasteiger partial charge in [-0.05, 0) is 29.8 Å². The van der Waals surface area contributed by atoms with Crippen LogP contribution in [0.5, 0.6) is 11.5 Å². The lowest BCUT2D eigenvalue weighted by Crippen LogP contribution is -2.47. The smallest absolute Gasteiger partial charge is 0.387 e. The third kappa shape index (κ3) is 5.84. The third-order valence-electron chi connectivity index (χ3n) is 4.57. The van der Waals surface area contributed by atoms with Gasteiger partial charge in [0.1, 0.15) is 17.6 Å². The Morgan fingerprint density at radius 2 is 1.82 bits per heavy atom. The van der Waals surface area contributed by atoms with Crippen LogP contribution in [0, 0.1) is 0 Å². The molecule has 0 atom stereocenters. The van der Waals surface area contributed by atoms with Crippen LogP contribution in [0.2, 0.25) is 0 Å². The first-order valence-electron chi connectivity index (χ1n) is 9.35. The summed E-state index contributed by atoms with van der Waals surface area (Å²) in [7, 11) is 1.74. The Morgan fingerprint density at radius 1 is 1.11 bits per heavy atom. The van der Waals surface area contributed by atoms with E-state index in [2.05, 4.69) is 19.9 Å². The van der Waals surface area contributed by atoms with Gasteiger partial charge >= 0.3 is 6.61 Å². The summed E-state index contributed by atoms with van der Waals surface area (Å²) >= 11 is 0. The largest absolute Gasteiger partial charge is 0.490 e. The molecule has 0 radical (unpaired) electrons. The van der Waals surface area contributed by atoms with Crippen LogP contribution in [-0.2, 0) is 6.54 Å². The van der Waals surface area contributed by atoms with Crippen molar-refractivity contribution in [2.24, 2.45) is 4.99 Å². The molecule has 3 rings (SSSR count). The molecule has 2 aromatic rings. The SMILES string of the molecule is CN=C(NCc1cccc(OC(F)F)c1)N1CCC(Oc2ccccc2)CC1. The van der Waals surface area contributed by atoms with E-state index in [1.54, 1.807) is 19.2 Å². The van der Waals surface area contributed by atoms with Gasteiger partial charge in [0.25, 0.3) is 0 Å². The first-order chi connectivity index (χ1) is 13.6. The molecular formula is C21H25F2N3O2. The fourth-order valence-corrected chi connectivity index (χ4v) is 3.22. The number of likely N-dealkylation sites (tertiary alicyclic amines) is 1. The number of guanidine groups is 1. The molecule has 1 N–H and O–H groups in total. The van der Waals surface area contributed by atoms with E-state index in [9.17, 15) is 8.78 Å². The molecule has 28 heavy (non-hydrogen) atoms. The van der Waals surface area contributed by atoms with Gasteiger partial charge in [-0.25, -0.2) is 0 Å². The highest BCUT2D eigenvalue weighted by molar-refractivity contribution is 5.80. The summed E-state index contributed by atoms with van der Waals surface area (Å²) in [5.41, 5.74) is 0.849. The second-order valence-corrected chi connectivity index (χ2v) is 6.54. The highest BCUT2D eigenvalue weighted by Crippen LogP contribution is 2.19. The molecule has 0 aromatic heterocycles. The molecular weight excluding hydrogens is 364 g/mol. The van der Waals surface area contributed by atoms with Gasteiger partial charge in [-0.3, -0.25) is 4.99 Å². The molecule has 1 aliphatic heterocycles. The number of hydrogen-bond donors (Lipinski definition) is 1. The highest BCUT2D eigenvalue weighted by atomic mass is 19.3. The van der Waals surface area contributed by atoms with Crippen LogP contribution in [0.25, 0.3) is 0 Å². The maximum atomic E-state index is 12.4. The lowest BCUT2D eigenvalue weighted by Gasteiger charge is -2.34. The molecule has 0 bridgehead atoms. The van der Waals surface area contributed by atoms with Crippen LogP contribution in [0.3, 0.4) is 0 Å². The Morgan fingerprint density at radius 3 is 2.50 bits per heavy atom. The Kier molecular flexibility index (Phi) is 7.06. The third-order valence-corrected chi connectivity index (χ3v) is 4.57. The van der Waals surface area contributed by atoms with Gasteiger partial charge in [-0.2, -0.15) is 8.78 Å². The number of piperidine rings is 1. The number of benzene rings is 2. The van der Waals surface area contributed by atoms with Crippen molar-refractivity contribution in [2.45, 2.75) is 32.1 Å². The van der Waals surface area contributed by atoms with Crippen molar-refractivity contribution in [2.75, 3.05) is 20.1 Å². The average Bonchev–Trinajstić information content (AvgIpc) is 2.70. The van der Waals surface area contributed by atoms with Crippen LogP contribution >= 0.6 is 0 Å². The fourth-order valence-electron chi connectivity index (χ4n) is 3.22. The summed E-state index contributed by atoms with van der Waals surface area (Å²) in [6, 6.07) is 16.5. The minimum absolute atomic E-state index is 0.156. The van der Waals surface area contributed by atoms with E-state index >= 15 is 0 Å². The first-order valence-corrected chi connectivity index (χ1v) is 9.35. The zero-order valence-corrected chi connectivity index (χ0v) is 15.9. The quantitative estimate of drug-likeness (QED) is 0.601.